The molecule has 196 valence electrons. The van der Waals surface area contributed by atoms with Gasteiger partial charge in [-0.2, -0.15) is 0 Å². The van der Waals surface area contributed by atoms with Crippen molar-refractivity contribution >= 4 is 57.4 Å². The van der Waals surface area contributed by atoms with Crippen LogP contribution in [0.25, 0.3) is 11.1 Å². The summed E-state index contributed by atoms with van der Waals surface area (Å²) in [4.78, 5) is 31.5. The highest BCUT2D eigenvalue weighted by molar-refractivity contribution is 6.31. The van der Waals surface area contributed by atoms with E-state index >= 15 is 0 Å². The number of hydrogen-bond donors (Lipinski definition) is 0. The molecule has 38 heavy (non-hydrogen) atoms. The fraction of sp³-hybridized carbons (Fsp3) is 0.321. The van der Waals surface area contributed by atoms with Gasteiger partial charge >= 0.3 is 0 Å². The number of carbonyl (C=O) groups is 1. The van der Waals surface area contributed by atoms with Crippen molar-refractivity contribution in [2.75, 3.05) is 67.1 Å². The summed E-state index contributed by atoms with van der Waals surface area (Å²) in [7, 11) is 0. The van der Waals surface area contributed by atoms with E-state index in [4.69, 9.17) is 27.6 Å². The summed E-state index contributed by atoms with van der Waals surface area (Å²) in [6, 6.07) is 15.8. The van der Waals surface area contributed by atoms with Crippen LogP contribution in [-0.2, 0) is 0 Å². The van der Waals surface area contributed by atoms with Crippen molar-refractivity contribution in [2.45, 2.75) is 6.92 Å². The van der Waals surface area contributed by atoms with Crippen LogP contribution in [0.3, 0.4) is 0 Å². The number of anilines is 3. The first-order valence-electron chi connectivity index (χ1n) is 12.8. The number of aryl methyl sites for hydroxylation is 1. The van der Waals surface area contributed by atoms with Crippen molar-refractivity contribution in [3.05, 3.63) is 76.2 Å². The predicted octanol–water partition coefficient (Wildman–Crippen LogP) is 5.13. The molecule has 0 bridgehead atoms. The Morgan fingerprint density at radius 1 is 0.789 bits per heavy atom. The molecule has 2 aromatic carbocycles. The Hall–Kier alpha value is -3.49. The highest BCUT2D eigenvalue weighted by atomic mass is 35.5. The molecule has 0 radical (unpaired) electrons. The number of amides is 1. The van der Waals surface area contributed by atoms with E-state index in [1.165, 1.54) is 6.33 Å². The van der Waals surface area contributed by atoms with Crippen LogP contribution in [0.2, 0.25) is 10.0 Å². The molecule has 2 aromatic heterocycles. The lowest BCUT2D eigenvalue weighted by molar-refractivity contribution is 0.0746. The molecule has 0 atom stereocenters. The average Bonchev–Trinajstić information content (AvgIpc) is 3.28. The molecule has 2 saturated heterocycles. The summed E-state index contributed by atoms with van der Waals surface area (Å²) in [5.74, 6) is 1.28. The summed E-state index contributed by atoms with van der Waals surface area (Å²) in [5, 5.41) is 2.14. The number of benzene rings is 2. The number of piperazine rings is 2. The number of halogens is 2. The molecule has 6 rings (SSSR count). The first kappa shape index (κ1) is 24.8. The number of nitrogens with zero attached hydrogens (tertiary/aromatic N) is 6. The van der Waals surface area contributed by atoms with Crippen LogP contribution in [0, 0.1) is 6.92 Å². The minimum atomic E-state index is -0.0411. The number of fused-ring (bicyclic) bond motifs is 1. The fourth-order valence-electron chi connectivity index (χ4n) is 5.37. The van der Waals surface area contributed by atoms with Crippen molar-refractivity contribution in [2.24, 2.45) is 0 Å². The number of carbonyl (C=O) groups excluding carboxylic acids is 1. The van der Waals surface area contributed by atoms with Crippen LogP contribution in [0.5, 0.6) is 0 Å². The second-order valence-corrected chi connectivity index (χ2v) is 10.5. The van der Waals surface area contributed by atoms with Crippen molar-refractivity contribution in [3.63, 3.8) is 0 Å². The number of hydrogen-bond acceptors (Lipinski definition) is 7. The predicted molar refractivity (Wildman–Crippen MR) is 152 cm³/mol. The first-order chi connectivity index (χ1) is 18.5. The highest BCUT2D eigenvalue weighted by Crippen LogP contribution is 2.33. The molecule has 2 aliphatic heterocycles. The number of furan rings is 1. The van der Waals surface area contributed by atoms with Gasteiger partial charge in [0.2, 0.25) is 5.71 Å². The largest absolute Gasteiger partial charge is 0.442 e. The van der Waals surface area contributed by atoms with Gasteiger partial charge < -0.3 is 24.0 Å². The standard InChI is InChI=1S/C28H28Cl2N6O2/c1-19-24(28(37)36-14-10-34(11-15-36)23-7-3-5-21(30)17-23)25-26(31-18-32-27(25)38-19)35-12-8-33(9-13-35)22-6-2-4-20(29)16-22/h2-7,16-18H,8-15H2,1H3. The molecule has 0 aliphatic carbocycles. The van der Waals surface area contributed by atoms with Crippen molar-refractivity contribution < 1.29 is 9.21 Å². The molecule has 2 fully saturated rings. The van der Waals surface area contributed by atoms with E-state index in [0.717, 1.165) is 61.5 Å². The van der Waals surface area contributed by atoms with Crippen molar-refractivity contribution in [1.82, 2.24) is 14.9 Å². The van der Waals surface area contributed by atoms with Crippen LogP contribution in [0.4, 0.5) is 17.2 Å². The van der Waals surface area contributed by atoms with Gasteiger partial charge in [-0.15, -0.1) is 0 Å². The van der Waals surface area contributed by atoms with Crippen LogP contribution in [0.15, 0.2) is 59.3 Å². The van der Waals surface area contributed by atoms with Crippen LogP contribution in [-0.4, -0.2) is 73.1 Å². The minimum absolute atomic E-state index is 0.0411. The monoisotopic (exact) mass is 550 g/mol. The third-order valence-electron chi connectivity index (χ3n) is 7.35. The Morgan fingerprint density at radius 2 is 1.34 bits per heavy atom. The molecular weight excluding hydrogens is 523 g/mol. The Bertz CT molecular complexity index is 1480. The number of aromatic nitrogens is 2. The van der Waals surface area contributed by atoms with E-state index in [1.54, 1.807) is 0 Å². The molecule has 1 amide bonds. The molecule has 8 nitrogen and oxygen atoms in total. The second kappa shape index (κ2) is 10.3. The van der Waals surface area contributed by atoms with Gasteiger partial charge in [0.1, 0.15) is 17.9 Å². The van der Waals surface area contributed by atoms with E-state index < -0.39 is 0 Å². The van der Waals surface area contributed by atoms with Gasteiger partial charge in [0.15, 0.2) is 0 Å². The molecule has 0 N–H and O–H groups in total. The van der Waals surface area contributed by atoms with E-state index in [9.17, 15) is 4.79 Å². The summed E-state index contributed by atoms with van der Waals surface area (Å²) < 4.78 is 5.97. The second-order valence-electron chi connectivity index (χ2n) is 9.62. The molecule has 0 unspecified atom stereocenters. The summed E-state index contributed by atoms with van der Waals surface area (Å²) >= 11 is 12.4. The normalized spacial score (nSPS) is 16.4. The SMILES string of the molecule is Cc1oc2ncnc(N3CCN(c4cccc(Cl)c4)CC3)c2c1C(=O)N1CCN(c2cccc(Cl)c2)CC1. The lowest BCUT2D eigenvalue weighted by Gasteiger charge is -2.37. The maximum absolute atomic E-state index is 13.8. The van der Waals surface area contributed by atoms with Gasteiger partial charge in [-0.1, -0.05) is 35.3 Å². The zero-order chi connectivity index (χ0) is 26.2. The van der Waals surface area contributed by atoms with Gasteiger partial charge in [0.05, 0.1) is 10.9 Å². The Labute approximate surface area is 231 Å². The van der Waals surface area contributed by atoms with Gasteiger partial charge in [0, 0.05) is 73.8 Å². The Morgan fingerprint density at radius 3 is 1.92 bits per heavy atom. The van der Waals surface area contributed by atoms with E-state index in [1.807, 2.05) is 54.3 Å². The highest BCUT2D eigenvalue weighted by Gasteiger charge is 2.31. The Kier molecular flexibility index (Phi) is 6.76. The van der Waals surface area contributed by atoms with Crippen LogP contribution in [0.1, 0.15) is 16.1 Å². The van der Waals surface area contributed by atoms with Crippen molar-refractivity contribution in [1.29, 1.82) is 0 Å². The topological polar surface area (TPSA) is 69.0 Å². The molecule has 10 heteroatoms. The molecular formula is C28H28Cl2N6O2. The Balaban J connectivity index is 1.21. The smallest absolute Gasteiger partial charge is 0.258 e. The first-order valence-corrected chi connectivity index (χ1v) is 13.5. The average molecular weight is 551 g/mol. The van der Waals surface area contributed by atoms with Gasteiger partial charge in [-0.3, -0.25) is 4.79 Å². The molecule has 0 saturated carbocycles. The van der Waals surface area contributed by atoms with Crippen molar-refractivity contribution in [3.8, 4) is 0 Å². The molecule has 4 heterocycles. The molecule has 4 aromatic rings. The lowest BCUT2D eigenvalue weighted by atomic mass is 10.1. The molecule has 0 spiro atoms. The summed E-state index contributed by atoms with van der Waals surface area (Å²) in [5.41, 5.74) is 3.19. The maximum atomic E-state index is 13.8. The quantitative estimate of drug-likeness (QED) is 0.349. The zero-order valence-electron chi connectivity index (χ0n) is 21.1. The van der Waals surface area contributed by atoms with Gasteiger partial charge in [-0.25, -0.2) is 9.97 Å². The van der Waals surface area contributed by atoms with Crippen LogP contribution < -0.4 is 14.7 Å². The van der Waals surface area contributed by atoms with Gasteiger partial charge in [-0.05, 0) is 43.3 Å². The van der Waals surface area contributed by atoms with E-state index in [0.29, 0.717) is 40.5 Å². The third-order valence-corrected chi connectivity index (χ3v) is 7.82. The number of rotatable bonds is 4. The van der Waals surface area contributed by atoms with E-state index in [-0.39, 0.29) is 5.91 Å². The summed E-state index contributed by atoms with van der Waals surface area (Å²) in [6.07, 6.45) is 1.52. The fourth-order valence-corrected chi connectivity index (χ4v) is 5.74. The third kappa shape index (κ3) is 4.74. The van der Waals surface area contributed by atoms with E-state index in [2.05, 4.69) is 30.7 Å². The van der Waals surface area contributed by atoms with Crippen LogP contribution >= 0.6 is 23.2 Å². The zero-order valence-corrected chi connectivity index (χ0v) is 22.6. The lowest BCUT2D eigenvalue weighted by Crippen LogP contribution is -2.49. The minimum Gasteiger partial charge on any atom is -0.442 e. The maximum Gasteiger partial charge on any atom is 0.258 e. The summed E-state index contributed by atoms with van der Waals surface area (Å²) in [6.45, 7) is 7.67. The van der Waals surface area contributed by atoms with Gasteiger partial charge in [0.25, 0.3) is 5.91 Å². The molecule has 2 aliphatic rings.